The number of nitrogens with zero attached hydrogens (tertiary/aromatic N) is 2. The number of carbonyl (C=O) groups excluding carboxylic acids is 1. The zero-order valence-corrected chi connectivity index (χ0v) is 18.3. The van der Waals surface area contributed by atoms with E-state index in [0.717, 1.165) is 14.8 Å². The van der Waals surface area contributed by atoms with E-state index in [1.54, 1.807) is 12.1 Å². The van der Waals surface area contributed by atoms with Crippen molar-refractivity contribution in [2.45, 2.75) is 39.8 Å². The summed E-state index contributed by atoms with van der Waals surface area (Å²) in [6.45, 7) is 6.38. The van der Waals surface area contributed by atoms with Crippen molar-refractivity contribution in [1.82, 2.24) is 0 Å². The van der Waals surface area contributed by atoms with E-state index < -0.39 is 5.41 Å². The van der Waals surface area contributed by atoms with Crippen LogP contribution < -0.4 is 4.90 Å². The highest BCUT2D eigenvalue weighted by atomic mass is 127. The Bertz CT molecular complexity index is 908. The number of halogens is 1. The fourth-order valence-corrected chi connectivity index (χ4v) is 3.81. The number of hydrogen-bond donors (Lipinski definition) is 0. The van der Waals surface area contributed by atoms with Gasteiger partial charge in [0.15, 0.2) is 0 Å². The summed E-state index contributed by atoms with van der Waals surface area (Å²) in [5, 5.41) is 11.1. The molecular weight excluding hydrogens is 471 g/mol. The van der Waals surface area contributed by atoms with Gasteiger partial charge in [0.1, 0.15) is 6.61 Å². The lowest BCUT2D eigenvalue weighted by Gasteiger charge is -2.29. The lowest BCUT2D eigenvalue weighted by atomic mass is 9.97. The van der Waals surface area contributed by atoms with Gasteiger partial charge in [-0.1, -0.05) is 18.2 Å². The van der Waals surface area contributed by atoms with Crippen LogP contribution in [0.2, 0.25) is 0 Å². The standard InChI is InChI=1S/C21H23IN2O4/c1-21(2,3)20(25)28-13-17-11-15-10-16(24(26)27)8-9-19(15)23(17)12-14-6-4-5-7-18(14)22/h4-10,17H,11-13H2,1-3H3/t17-/m1/s1. The van der Waals surface area contributed by atoms with Crippen molar-refractivity contribution < 1.29 is 14.5 Å². The molecule has 0 fully saturated rings. The lowest BCUT2D eigenvalue weighted by Crippen LogP contribution is -2.37. The second kappa shape index (κ2) is 8.06. The van der Waals surface area contributed by atoms with Crippen molar-refractivity contribution in [3.8, 4) is 0 Å². The SMILES string of the molecule is CC(C)(C)C(=O)OC[C@H]1Cc2cc([N+](=O)[O-])ccc2N1Cc1ccccc1I. The highest BCUT2D eigenvalue weighted by molar-refractivity contribution is 14.1. The van der Waals surface area contributed by atoms with Crippen molar-refractivity contribution in [3.05, 3.63) is 67.3 Å². The second-order valence-electron chi connectivity index (χ2n) is 8.00. The van der Waals surface area contributed by atoms with Gasteiger partial charge in [-0.05, 0) is 73.0 Å². The molecule has 0 saturated heterocycles. The summed E-state index contributed by atoms with van der Waals surface area (Å²) in [4.78, 5) is 25.2. The molecular formula is C21H23IN2O4. The predicted octanol–water partition coefficient (Wildman–Crippen LogP) is 4.72. The molecule has 148 valence electrons. The van der Waals surface area contributed by atoms with Crippen molar-refractivity contribution in [1.29, 1.82) is 0 Å². The first kappa shape index (κ1) is 20.6. The quantitative estimate of drug-likeness (QED) is 0.260. The van der Waals surface area contributed by atoms with E-state index in [1.807, 2.05) is 32.9 Å². The Kier molecular flexibility index (Phi) is 5.92. The van der Waals surface area contributed by atoms with Crippen LogP contribution in [-0.4, -0.2) is 23.5 Å². The third kappa shape index (κ3) is 4.45. The Hall–Kier alpha value is -2.16. The molecule has 1 heterocycles. The van der Waals surface area contributed by atoms with E-state index in [-0.39, 0.29) is 29.2 Å². The summed E-state index contributed by atoms with van der Waals surface area (Å²) < 4.78 is 6.73. The normalized spacial score (nSPS) is 16.0. The molecule has 0 aromatic heterocycles. The van der Waals surface area contributed by atoms with Gasteiger partial charge in [-0.2, -0.15) is 0 Å². The van der Waals surface area contributed by atoms with Crippen LogP contribution in [0.15, 0.2) is 42.5 Å². The van der Waals surface area contributed by atoms with Crippen LogP contribution in [-0.2, 0) is 22.5 Å². The van der Waals surface area contributed by atoms with E-state index in [2.05, 4.69) is 39.6 Å². The molecule has 2 aromatic carbocycles. The number of nitro benzene ring substituents is 1. The monoisotopic (exact) mass is 494 g/mol. The van der Waals surface area contributed by atoms with Crippen molar-refractivity contribution in [3.63, 3.8) is 0 Å². The molecule has 1 atom stereocenters. The van der Waals surface area contributed by atoms with E-state index in [1.165, 1.54) is 11.6 Å². The summed E-state index contributed by atoms with van der Waals surface area (Å²) >= 11 is 2.31. The van der Waals surface area contributed by atoms with E-state index in [0.29, 0.717) is 13.0 Å². The number of carbonyl (C=O) groups is 1. The first-order valence-corrected chi connectivity index (χ1v) is 10.2. The van der Waals surface area contributed by atoms with Crippen LogP contribution in [0, 0.1) is 19.1 Å². The van der Waals surface area contributed by atoms with Gasteiger partial charge >= 0.3 is 5.97 Å². The van der Waals surface area contributed by atoms with Gasteiger partial charge in [-0.15, -0.1) is 0 Å². The Morgan fingerprint density at radius 1 is 1.29 bits per heavy atom. The maximum absolute atomic E-state index is 12.2. The number of benzene rings is 2. The van der Waals surface area contributed by atoms with Gasteiger partial charge < -0.3 is 9.64 Å². The summed E-state index contributed by atoms with van der Waals surface area (Å²) in [7, 11) is 0. The number of fused-ring (bicyclic) bond motifs is 1. The highest BCUT2D eigenvalue weighted by Crippen LogP contribution is 2.36. The van der Waals surface area contributed by atoms with Crippen molar-refractivity contribution >= 4 is 39.9 Å². The van der Waals surface area contributed by atoms with Gasteiger partial charge in [0, 0.05) is 27.9 Å². The minimum absolute atomic E-state index is 0.0562. The van der Waals surface area contributed by atoms with Gasteiger partial charge in [0.2, 0.25) is 0 Å². The third-order valence-electron chi connectivity index (χ3n) is 4.80. The summed E-state index contributed by atoms with van der Waals surface area (Å²) in [5.74, 6) is -0.247. The molecule has 0 amide bonds. The molecule has 0 N–H and O–H groups in total. The smallest absolute Gasteiger partial charge is 0.311 e. The fraction of sp³-hybridized carbons (Fsp3) is 0.381. The number of anilines is 1. The largest absolute Gasteiger partial charge is 0.463 e. The average Bonchev–Trinajstić information content (AvgIpc) is 2.97. The van der Waals surface area contributed by atoms with E-state index >= 15 is 0 Å². The molecule has 3 rings (SSSR count). The molecule has 1 aliphatic heterocycles. The van der Waals surface area contributed by atoms with Gasteiger partial charge in [0.05, 0.1) is 16.4 Å². The molecule has 0 bridgehead atoms. The third-order valence-corrected chi connectivity index (χ3v) is 5.85. The van der Waals surface area contributed by atoms with E-state index in [4.69, 9.17) is 4.74 Å². The zero-order valence-electron chi connectivity index (χ0n) is 16.1. The Morgan fingerprint density at radius 2 is 2.00 bits per heavy atom. The maximum atomic E-state index is 12.2. The second-order valence-corrected chi connectivity index (χ2v) is 9.16. The molecule has 0 radical (unpaired) electrons. The number of ether oxygens (including phenoxy) is 1. The van der Waals surface area contributed by atoms with Crippen LogP contribution in [0.3, 0.4) is 0 Å². The van der Waals surface area contributed by atoms with Crippen molar-refractivity contribution in [2.75, 3.05) is 11.5 Å². The van der Waals surface area contributed by atoms with Gasteiger partial charge in [-0.3, -0.25) is 14.9 Å². The minimum atomic E-state index is -0.566. The molecule has 1 aliphatic rings. The number of nitro groups is 1. The minimum Gasteiger partial charge on any atom is -0.463 e. The Labute approximate surface area is 178 Å². The number of hydrogen-bond acceptors (Lipinski definition) is 5. The number of rotatable bonds is 5. The first-order chi connectivity index (χ1) is 13.2. The highest BCUT2D eigenvalue weighted by Gasteiger charge is 2.33. The molecule has 6 nitrogen and oxygen atoms in total. The lowest BCUT2D eigenvalue weighted by molar-refractivity contribution is -0.384. The first-order valence-electron chi connectivity index (χ1n) is 9.11. The van der Waals surface area contributed by atoms with E-state index in [9.17, 15) is 14.9 Å². The van der Waals surface area contributed by atoms with Crippen LogP contribution in [0.25, 0.3) is 0 Å². The molecule has 0 spiro atoms. The molecule has 28 heavy (non-hydrogen) atoms. The molecule has 0 aliphatic carbocycles. The molecule has 0 saturated carbocycles. The Balaban J connectivity index is 1.88. The molecule has 2 aromatic rings. The van der Waals surface area contributed by atoms with Crippen LogP contribution in [0.5, 0.6) is 0 Å². The van der Waals surface area contributed by atoms with Gasteiger partial charge in [0.25, 0.3) is 5.69 Å². The summed E-state index contributed by atoms with van der Waals surface area (Å²) in [6.07, 6.45) is 0.609. The topological polar surface area (TPSA) is 72.7 Å². The molecule has 0 unspecified atom stereocenters. The van der Waals surface area contributed by atoms with Crippen LogP contribution in [0.1, 0.15) is 31.9 Å². The number of non-ortho nitro benzene ring substituents is 1. The summed E-state index contributed by atoms with van der Waals surface area (Å²) in [5.41, 5.74) is 2.56. The zero-order chi connectivity index (χ0) is 20.5. The van der Waals surface area contributed by atoms with Crippen LogP contribution in [0.4, 0.5) is 11.4 Å². The summed E-state index contributed by atoms with van der Waals surface area (Å²) in [6, 6.07) is 13.0. The Morgan fingerprint density at radius 3 is 2.64 bits per heavy atom. The van der Waals surface area contributed by atoms with Gasteiger partial charge in [-0.25, -0.2) is 0 Å². The van der Waals surface area contributed by atoms with Crippen molar-refractivity contribution in [2.24, 2.45) is 5.41 Å². The predicted molar refractivity (Wildman–Crippen MR) is 116 cm³/mol. The average molecular weight is 494 g/mol. The fourth-order valence-electron chi connectivity index (χ4n) is 3.25. The maximum Gasteiger partial charge on any atom is 0.311 e. The molecule has 7 heteroatoms. The van der Waals surface area contributed by atoms with Crippen LogP contribution >= 0.6 is 22.6 Å². The number of esters is 1.